The largest absolute Gasteiger partial charge is 0.0991 e. The van der Waals surface area contributed by atoms with Crippen molar-refractivity contribution in [3.05, 3.63) is 37.0 Å². The van der Waals surface area contributed by atoms with Gasteiger partial charge < -0.3 is 0 Å². The lowest BCUT2D eigenvalue weighted by atomic mass is 9.89. The van der Waals surface area contributed by atoms with Gasteiger partial charge in [-0.25, -0.2) is 0 Å². The molecule has 0 saturated heterocycles. The van der Waals surface area contributed by atoms with Crippen LogP contribution >= 0.6 is 0 Å². The van der Waals surface area contributed by atoms with Gasteiger partial charge in [0.2, 0.25) is 0 Å². The van der Waals surface area contributed by atoms with Crippen molar-refractivity contribution in [2.45, 2.75) is 27.2 Å². The Morgan fingerprint density at radius 2 is 2.00 bits per heavy atom. The summed E-state index contributed by atoms with van der Waals surface area (Å²) in [6, 6.07) is 0. The molecule has 62 valence electrons. The highest BCUT2D eigenvalue weighted by Gasteiger charge is 2.09. The average molecular weight is 150 g/mol. The molecule has 0 amide bonds. The zero-order valence-electron chi connectivity index (χ0n) is 7.80. The third-order valence-electron chi connectivity index (χ3n) is 1.53. The van der Waals surface area contributed by atoms with Crippen LogP contribution in [0.4, 0.5) is 0 Å². The summed E-state index contributed by atoms with van der Waals surface area (Å²) >= 11 is 0. The molecule has 0 fully saturated rings. The van der Waals surface area contributed by atoms with E-state index in [2.05, 4.69) is 45.6 Å². The molecule has 0 rings (SSSR count). The lowest BCUT2D eigenvalue weighted by Gasteiger charge is -2.16. The lowest BCUT2D eigenvalue weighted by molar-refractivity contribution is 0.488. The van der Waals surface area contributed by atoms with Gasteiger partial charge in [0, 0.05) is 0 Å². The third-order valence-corrected chi connectivity index (χ3v) is 1.53. The Hall–Kier alpha value is -0.780. The molecular formula is C11H18. The van der Waals surface area contributed by atoms with Gasteiger partial charge >= 0.3 is 0 Å². The third kappa shape index (κ3) is 5.65. The minimum atomic E-state index is 0.286. The first-order valence-electron chi connectivity index (χ1n) is 4.04. The van der Waals surface area contributed by atoms with Gasteiger partial charge in [0.1, 0.15) is 0 Å². The van der Waals surface area contributed by atoms with Gasteiger partial charge in [-0.1, -0.05) is 50.8 Å². The maximum atomic E-state index is 3.62. The summed E-state index contributed by atoms with van der Waals surface area (Å²) in [4.78, 5) is 0. The van der Waals surface area contributed by atoms with Crippen molar-refractivity contribution in [3.8, 4) is 0 Å². The molecule has 0 heterocycles. The summed E-state index contributed by atoms with van der Waals surface area (Å²) in [6.45, 7) is 10.1. The van der Waals surface area contributed by atoms with Crippen molar-refractivity contribution >= 4 is 0 Å². The fourth-order valence-corrected chi connectivity index (χ4v) is 0.987. The van der Waals surface area contributed by atoms with Crippen LogP contribution in [0.2, 0.25) is 0 Å². The van der Waals surface area contributed by atoms with E-state index in [4.69, 9.17) is 0 Å². The summed E-state index contributed by atoms with van der Waals surface area (Å²) in [6.07, 6.45) is 11.3. The highest BCUT2D eigenvalue weighted by atomic mass is 14.1. The van der Waals surface area contributed by atoms with Crippen LogP contribution in [-0.4, -0.2) is 0 Å². The molecule has 0 aliphatic heterocycles. The number of hydrogen-bond donors (Lipinski definition) is 0. The van der Waals surface area contributed by atoms with Crippen LogP contribution < -0.4 is 0 Å². The van der Waals surface area contributed by atoms with Gasteiger partial charge in [-0.15, -0.1) is 0 Å². The Morgan fingerprint density at radius 1 is 1.36 bits per heavy atom. The first-order chi connectivity index (χ1) is 5.12. The van der Waals surface area contributed by atoms with E-state index in [0.717, 1.165) is 6.42 Å². The number of hydrogen-bond acceptors (Lipinski definition) is 0. The fraction of sp³-hybridized carbons (Fsp3) is 0.455. The average Bonchev–Trinajstić information content (AvgIpc) is 1.87. The second-order valence-corrected chi connectivity index (χ2v) is 3.36. The van der Waals surface area contributed by atoms with E-state index in [1.165, 1.54) is 0 Å². The Bertz CT molecular complexity index is 159. The standard InChI is InChI=1S/C11H18/c1-5-7-8-10-11(3,4)9-6-2/h5-9H,1,10H2,2-4H3/b8-7+,9-6+. The first-order valence-corrected chi connectivity index (χ1v) is 4.04. The summed E-state index contributed by atoms with van der Waals surface area (Å²) in [7, 11) is 0. The zero-order valence-corrected chi connectivity index (χ0v) is 7.80. The quantitative estimate of drug-likeness (QED) is 0.423. The van der Waals surface area contributed by atoms with Crippen molar-refractivity contribution in [1.82, 2.24) is 0 Å². The smallest absolute Gasteiger partial charge is 0.0140 e. The van der Waals surface area contributed by atoms with Gasteiger partial charge in [0.05, 0.1) is 0 Å². The summed E-state index contributed by atoms with van der Waals surface area (Å²) in [5.41, 5.74) is 0.286. The van der Waals surface area contributed by atoms with Crippen LogP contribution in [0.25, 0.3) is 0 Å². The van der Waals surface area contributed by atoms with Crippen LogP contribution in [0.15, 0.2) is 37.0 Å². The molecule has 0 atom stereocenters. The van der Waals surface area contributed by atoms with Crippen LogP contribution in [0.1, 0.15) is 27.2 Å². The predicted octanol–water partition coefficient (Wildman–Crippen LogP) is 3.72. The van der Waals surface area contributed by atoms with Crippen LogP contribution in [0.3, 0.4) is 0 Å². The number of allylic oxidation sites excluding steroid dienone is 5. The monoisotopic (exact) mass is 150 g/mol. The van der Waals surface area contributed by atoms with Crippen molar-refractivity contribution in [1.29, 1.82) is 0 Å². The zero-order chi connectivity index (χ0) is 8.74. The van der Waals surface area contributed by atoms with Gasteiger partial charge in [0.15, 0.2) is 0 Å². The van der Waals surface area contributed by atoms with E-state index in [-0.39, 0.29) is 5.41 Å². The number of rotatable bonds is 4. The second kappa shape index (κ2) is 4.95. The Balaban J connectivity index is 3.90. The van der Waals surface area contributed by atoms with Crippen LogP contribution in [0, 0.1) is 5.41 Å². The van der Waals surface area contributed by atoms with Crippen LogP contribution in [0.5, 0.6) is 0 Å². The van der Waals surface area contributed by atoms with E-state index in [0.29, 0.717) is 0 Å². The Kier molecular flexibility index (Phi) is 4.60. The van der Waals surface area contributed by atoms with Gasteiger partial charge in [-0.2, -0.15) is 0 Å². The molecule has 0 N–H and O–H groups in total. The Morgan fingerprint density at radius 3 is 2.45 bits per heavy atom. The van der Waals surface area contributed by atoms with E-state index in [9.17, 15) is 0 Å². The maximum absolute atomic E-state index is 3.62. The molecular weight excluding hydrogens is 132 g/mol. The summed E-state index contributed by atoms with van der Waals surface area (Å²) in [5.74, 6) is 0. The maximum Gasteiger partial charge on any atom is -0.0140 e. The lowest BCUT2D eigenvalue weighted by Crippen LogP contribution is -2.04. The van der Waals surface area contributed by atoms with E-state index in [1.807, 2.05) is 12.2 Å². The molecule has 0 radical (unpaired) electrons. The Labute approximate surface area is 70.3 Å². The van der Waals surface area contributed by atoms with E-state index >= 15 is 0 Å². The first kappa shape index (κ1) is 10.2. The van der Waals surface area contributed by atoms with Crippen molar-refractivity contribution in [2.24, 2.45) is 5.41 Å². The topological polar surface area (TPSA) is 0 Å². The summed E-state index contributed by atoms with van der Waals surface area (Å²) < 4.78 is 0. The molecule has 0 aromatic carbocycles. The highest BCUT2D eigenvalue weighted by molar-refractivity contribution is 5.03. The molecule has 0 nitrogen and oxygen atoms in total. The fourth-order valence-electron chi connectivity index (χ4n) is 0.987. The normalized spacial score (nSPS) is 13.0. The van der Waals surface area contributed by atoms with Gasteiger partial charge in [0.25, 0.3) is 0 Å². The second-order valence-electron chi connectivity index (χ2n) is 3.36. The van der Waals surface area contributed by atoms with E-state index < -0.39 is 0 Å². The molecule has 11 heavy (non-hydrogen) atoms. The molecule has 0 saturated carbocycles. The van der Waals surface area contributed by atoms with Gasteiger partial charge in [-0.3, -0.25) is 0 Å². The predicted molar refractivity (Wildman–Crippen MR) is 52.5 cm³/mol. The van der Waals surface area contributed by atoms with Gasteiger partial charge in [-0.05, 0) is 18.8 Å². The van der Waals surface area contributed by atoms with E-state index in [1.54, 1.807) is 0 Å². The minimum Gasteiger partial charge on any atom is -0.0991 e. The SMILES string of the molecule is C=C/C=C/CC(C)(C)/C=C/C. The molecule has 0 aromatic rings. The highest BCUT2D eigenvalue weighted by Crippen LogP contribution is 2.22. The molecule has 0 heteroatoms. The molecule has 0 bridgehead atoms. The molecule has 0 unspecified atom stereocenters. The van der Waals surface area contributed by atoms with Crippen molar-refractivity contribution < 1.29 is 0 Å². The minimum absolute atomic E-state index is 0.286. The molecule has 0 spiro atoms. The molecule has 0 aliphatic carbocycles. The van der Waals surface area contributed by atoms with Crippen molar-refractivity contribution in [2.75, 3.05) is 0 Å². The van der Waals surface area contributed by atoms with Crippen LogP contribution in [-0.2, 0) is 0 Å². The molecule has 0 aromatic heterocycles. The van der Waals surface area contributed by atoms with Crippen molar-refractivity contribution in [3.63, 3.8) is 0 Å². The summed E-state index contributed by atoms with van der Waals surface area (Å²) in [5, 5.41) is 0. The molecule has 0 aliphatic rings.